The molecule has 42 heavy (non-hydrogen) atoms. The number of carbonyl (C=O) groups excluding carboxylic acids is 2. The topological polar surface area (TPSA) is 105 Å². The monoisotopic (exact) mass is 585 g/mol. The van der Waals surface area contributed by atoms with E-state index in [1.54, 1.807) is 24.0 Å². The highest BCUT2D eigenvalue weighted by Gasteiger charge is 2.39. The molecule has 10 nitrogen and oxygen atoms in total. The molecule has 13 heteroatoms. The summed E-state index contributed by atoms with van der Waals surface area (Å²) in [5, 5.41) is 13.5. The average molecular weight is 586 g/mol. The number of rotatable bonds is 7. The number of hydrogen-bond acceptors (Lipinski definition) is 7. The van der Waals surface area contributed by atoms with Crippen LogP contribution in [0.4, 0.5) is 13.2 Å². The van der Waals surface area contributed by atoms with E-state index in [1.807, 2.05) is 23.1 Å². The molecule has 0 saturated carbocycles. The molecule has 0 bridgehead atoms. The van der Waals surface area contributed by atoms with Gasteiger partial charge in [-0.15, -0.1) is 5.10 Å². The number of hydrogen-bond donors (Lipinski definition) is 1. The van der Waals surface area contributed by atoms with Crippen LogP contribution in [0.5, 0.6) is 5.75 Å². The maximum Gasteiger partial charge on any atom is 0.453 e. The second-order valence-corrected chi connectivity index (χ2v) is 10.8. The Labute approximate surface area is 241 Å². The lowest BCUT2D eigenvalue weighted by Crippen LogP contribution is -2.52. The molecular weight excluding hydrogens is 551 g/mol. The number of methoxy groups -OCH3 is 1. The first-order chi connectivity index (χ1) is 20.2. The molecule has 2 fully saturated rings. The van der Waals surface area contributed by atoms with Gasteiger partial charge < -0.3 is 19.9 Å². The number of aromatic nitrogens is 4. The van der Waals surface area contributed by atoms with Gasteiger partial charge in [0.05, 0.1) is 12.8 Å². The third-order valence-corrected chi connectivity index (χ3v) is 8.23. The lowest BCUT2D eigenvalue weighted by atomic mass is 9.84. The average Bonchev–Trinajstić information content (AvgIpc) is 3.51. The molecule has 1 N–H and O–H groups in total. The van der Waals surface area contributed by atoms with Gasteiger partial charge in [-0.3, -0.25) is 9.59 Å². The highest BCUT2D eigenvalue weighted by Crippen LogP contribution is 2.32. The van der Waals surface area contributed by atoms with Gasteiger partial charge in [0.15, 0.2) is 0 Å². The summed E-state index contributed by atoms with van der Waals surface area (Å²) in [4.78, 5) is 29.0. The third-order valence-electron chi connectivity index (χ3n) is 8.23. The van der Waals surface area contributed by atoms with Gasteiger partial charge in [-0.1, -0.05) is 30.3 Å². The highest BCUT2D eigenvalue weighted by atomic mass is 19.4. The van der Waals surface area contributed by atoms with E-state index in [4.69, 9.17) is 4.74 Å². The molecule has 0 radical (unpaired) electrons. The van der Waals surface area contributed by atoms with Crippen LogP contribution in [0.25, 0.3) is 5.69 Å². The summed E-state index contributed by atoms with van der Waals surface area (Å²) in [5.41, 5.74) is 1.92. The molecule has 0 unspecified atom stereocenters. The summed E-state index contributed by atoms with van der Waals surface area (Å²) in [6, 6.07) is 14.7. The van der Waals surface area contributed by atoms with Crippen molar-refractivity contribution in [3.63, 3.8) is 0 Å². The molecule has 2 amide bonds. The first-order valence-electron chi connectivity index (χ1n) is 14.0. The van der Waals surface area contributed by atoms with Crippen LogP contribution >= 0.6 is 0 Å². The molecule has 2 atom stereocenters. The molecule has 3 aromatic rings. The molecule has 0 aliphatic carbocycles. The third kappa shape index (κ3) is 6.40. The number of halogens is 3. The Hall–Kier alpha value is -4.00. The summed E-state index contributed by atoms with van der Waals surface area (Å²) in [7, 11) is 1.51. The van der Waals surface area contributed by atoms with Gasteiger partial charge in [-0.2, -0.15) is 17.9 Å². The molecule has 1 aromatic heterocycles. The van der Waals surface area contributed by atoms with Crippen molar-refractivity contribution >= 4 is 11.8 Å². The van der Waals surface area contributed by atoms with Gasteiger partial charge >= 0.3 is 6.18 Å². The summed E-state index contributed by atoms with van der Waals surface area (Å²) >= 11 is 0. The molecule has 2 aromatic carbocycles. The van der Waals surface area contributed by atoms with Crippen LogP contribution in [-0.4, -0.2) is 81.2 Å². The number of likely N-dealkylation sites (tertiary alicyclic amines) is 2. The van der Waals surface area contributed by atoms with E-state index in [0.29, 0.717) is 68.0 Å². The van der Waals surface area contributed by atoms with Crippen LogP contribution in [0.15, 0.2) is 48.5 Å². The highest BCUT2D eigenvalue weighted by molar-refractivity contribution is 5.80. The molecule has 2 saturated heterocycles. The number of amides is 2. The molecule has 5 rings (SSSR count). The SMILES string of the molecule is COc1ccc(-n2nnnc2C(F)(F)F)cc1CN[C@@H]1CCN(C(=O)C2CCN(C(C)=O)CC2)C[C@@H]1c1ccccc1. The largest absolute Gasteiger partial charge is 0.496 e. The van der Waals surface area contributed by atoms with Crippen molar-refractivity contribution in [1.29, 1.82) is 0 Å². The Balaban J connectivity index is 1.32. The van der Waals surface area contributed by atoms with E-state index >= 15 is 0 Å². The van der Waals surface area contributed by atoms with Gasteiger partial charge in [0, 0.05) is 63.1 Å². The van der Waals surface area contributed by atoms with Crippen molar-refractivity contribution in [2.45, 2.75) is 50.9 Å². The molecule has 2 aliphatic rings. The van der Waals surface area contributed by atoms with Crippen molar-refractivity contribution in [1.82, 2.24) is 35.3 Å². The number of alkyl halides is 3. The van der Waals surface area contributed by atoms with Gasteiger partial charge in [0.2, 0.25) is 11.8 Å². The zero-order valence-electron chi connectivity index (χ0n) is 23.5. The first-order valence-corrected chi connectivity index (χ1v) is 14.0. The zero-order chi connectivity index (χ0) is 29.9. The van der Waals surface area contributed by atoms with E-state index in [-0.39, 0.29) is 35.4 Å². The van der Waals surface area contributed by atoms with Crippen LogP contribution in [-0.2, 0) is 22.3 Å². The van der Waals surface area contributed by atoms with Crippen LogP contribution in [0.3, 0.4) is 0 Å². The van der Waals surface area contributed by atoms with Gasteiger partial charge in [-0.05, 0) is 53.5 Å². The lowest BCUT2D eigenvalue weighted by Gasteiger charge is -2.41. The van der Waals surface area contributed by atoms with Gasteiger partial charge in [0.25, 0.3) is 5.82 Å². The summed E-state index contributed by atoms with van der Waals surface area (Å²) in [6.07, 6.45) is -2.68. The number of carbonyl (C=O) groups is 2. The quantitative estimate of drug-likeness (QED) is 0.453. The Morgan fingerprint density at radius 3 is 2.40 bits per heavy atom. The summed E-state index contributed by atoms with van der Waals surface area (Å²) in [5.74, 6) is -0.603. The predicted octanol–water partition coefficient (Wildman–Crippen LogP) is 3.42. The smallest absolute Gasteiger partial charge is 0.453 e. The van der Waals surface area contributed by atoms with E-state index in [9.17, 15) is 22.8 Å². The van der Waals surface area contributed by atoms with Crippen molar-refractivity contribution in [2.75, 3.05) is 33.3 Å². The molecule has 2 aliphatic heterocycles. The zero-order valence-corrected chi connectivity index (χ0v) is 23.5. The Bertz CT molecular complexity index is 1390. The number of benzene rings is 2. The standard InChI is InChI=1S/C29H34F3N7O3/c1-19(40)37-13-10-21(11-14-37)27(41)38-15-12-25(24(18-38)20-6-4-3-5-7-20)33-17-22-16-23(8-9-26(22)42-2)39-28(29(30,31)32)34-35-36-39/h3-9,16,21,24-25,33H,10-15,17-18H2,1-2H3/t24-,25-/m1/s1. The second kappa shape index (κ2) is 12.5. The maximum absolute atomic E-state index is 13.5. The fourth-order valence-electron chi connectivity index (χ4n) is 5.95. The van der Waals surface area contributed by atoms with Crippen molar-refractivity contribution < 1.29 is 27.5 Å². The number of nitrogens with one attached hydrogen (secondary N) is 1. The Morgan fingerprint density at radius 1 is 1.02 bits per heavy atom. The van der Waals surface area contributed by atoms with Gasteiger partial charge in [0.1, 0.15) is 5.75 Å². The Morgan fingerprint density at radius 2 is 1.74 bits per heavy atom. The number of ether oxygens (including phenoxy) is 1. The molecule has 3 heterocycles. The lowest BCUT2D eigenvalue weighted by molar-refractivity contribution is -0.146. The number of tetrazole rings is 1. The van der Waals surface area contributed by atoms with Crippen LogP contribution in [0.2, 0.25) is 0 Å². The van der Waals surface area contributed by atoms with Crippen molar-refractivity contribution in [2.24, 2.45) is 5.92 Å². The number of piperidine rings is 2. The second-order valence-electron chi connectivity index (χ2n) is 10.8. The minimum Gasteiger partial charge on any atom is -0.496 e. The van der Waals surface area contributed by atoms with E-state index < -0.39 is 12.0 Å². The summed E-state index contributed by atoms with van der Waals surface area (Å²) < 4.78 is 46.4. The van der Waals surface area contributed by atoms with E-state index in [2.05, 4.69) is 33.0 Å². The van der Waals surface area contributed by atoms with Crippen molar-refractivity contribution in [3.05, 3.63) is 65.5 Å². The Kier molecular flexibility index (Phi) is 8.76. The molecule has 0 spiro atoms. The fourth-order valence-corrected chi connectivity index (χ4v) is 5.95. The fraction of sp³-hybridized carbons (Fsp3) is 0.483. The van der Waals surface area contributed by atoms with E-state index in [0.717, 1.165) is 5.56 Å². The number of nitrogens with zero attached hydrogens (tertiary/aromatic N) is 6. The van der Waals surface area contributed by atoms with Crippen LogP contribution in [0.1, 0.15) is 49.1 Å². The minimum absolute atomic E-state index is 0.00291. The van der Waals surface area contributed by atoms with E-state index in [1.165, 1.54) is 13.2 Å². The van der Waals surface area contributed by atoms with Crippen LogP contribution in [0, 0.1) is 5.92 Å². The summed E-state index contributed by atoms with van der Waals surface area (Å²) in [6.45, 7) is 4.21. The normalized spacial score (nSPS) is 20.0. The molecule has 224 valence electrons. The molecular formula is C29H34F3N7O3. The first kappa shape index (κ1) is 29.5. The van der Waals surface area contributed by atoms with Crippen molar-refractivity contribution in [3.8, 4) is 11.4 Å². The predicted molar refractivity (Wildman–Crippen MR) is 147 cm³/mol. The van der Waals surface area contributed by atoms with Gasteiger partial charge in [-0.25, -0.2) is 0 Å². The van der Waals surface area contributed by atoms with Crippen LogP contribution < -0.4 is 10.1 Å². The maximum atomic E-state index is 13.5. The minimum atomic E-state index is -4.71.